The molecule has 1 aliphatic rings. The first-order valence-electron chi connectivity index (χ1n) is 5.40. The number of nitrogens with two attached hydrogens (primary N) is 1. The molecule has 0 spiro atoms. The molecular formula is C10H17N3O2. The maximum Gasteiger partial charge on any atom is 0.242 e. The van der Waals surface area contributed by atoms with Crippen LogP contribution in [0.1, 0.15) is 37.5 Å². The Morgan fingerprint density at radius 3 is 2.67 bits per heavy atom. The van der Waals surface area contributed by atoms with Crippen molar-refractivity contribution in [3.05, 3.63) is 11.8 Å². The van der Waals surface area contributed by atoms with E-state index >= 15 is 0 Å². The third kappa shape index (κ3) is 3.00. The van der Waals surface area contributed by atoms with E-state index in [1.807, 2.05) is 0 Å². The van der Waals surface area contributed by atoms with Crippen LogP contribution in [0.25, 0.3) is 0 Å². The summed E-state index contributed by atoms with van der Waals surface area (Å²) in [5.74, 6) is 1.14. The first-order valence-corrected chi connectivity index (χ1v) is 5.40. The van der Waals surface area contributed by atoms with Crippen LogP contribution in [0, 0.1) is 6.92 Å². The summed E-state index contributed by atoms with van der Waals surface area (Å²) in [6, 6.07) is 0.357. The topological polar surface area (TPSA) is 74.2 Å². The molecule has 2 rings (SSSR count). The smallest absolute Gasteiger partial charge is 0.242 e. The van der Waals surface area contributed by atoms with Crippen LogP contribution in [-0.2, 0) is 11.3 Å². The lowest BCUT2D eigenvalue weighted by atomic mass is 9.94. The molecular weight excluding hydrogens is 194 g/mol. The third-order valence-corrected chi connectivity index (χ3v) is 2.73. The summed E-state index contributed by atoms with van der Waals surface area (Å²) < 4.78 is 10.9. The highest BCUT2D eigenvalue weighted by Gasteiger charge is 2.19. The first kappa shape index (κ1) is 10.6. The Morgan fingerprint density at radius 1 is 1.33 bits per heavy atom. The molecule has 0 unspecified atom stereocenters. The van der Waals surface area contributed by atoms with Gasteiger partial charge in [0, 0.05) is 13.0 Å². The van der Waals surface area contributed by atoms with Crippen molar-refractivity contribution in [1.29, 1.82) is 0 Å². The molecule has 2 N–H and O–H groups in total. The van der Waals surface area contributed by atoms with Gasteiger partial charge in [-0.15, -0.1) is 10.2 Å². The standard InChI is InChI=1S/C10H17N3O2/c1-7-12-13-10(15-7)6-14-9-4-2-8(11)3-5-9/h8-9H,2-6,11H2,1H3. The molecule has 5 nitrogen and oxygen atoms in total. The molecule has 1 aliphatic carbocycles. The van der Waals surface area contributed by atoms with E-state index in [9.17, 15) is 0 Å². The summed E-state index contributed by atoms with van der Waals surface area (Å²) in [4.78, 5) is 0. The summed E-state index contributed by atoms with van der Waals surface area (Å²) in [6.07, 6.45) is 4.47. The fraction of sp³-hybridized carbons (Fsp3) is 0.800. The Hall–Kier alpha value is -0.940. The maximum atomic E-state index is 5.81. The van der Waals surface area contributed by atoms with Gasteiger partial charge >= 0.3 is 0 Å². The molecule has 0 bridgehead atoms. The number of ether oxygens (including phenoxy) is 1. The molecule has 0 saturated heterocycles. The van der Waals surface area contributed by atoms with Gasteiger partial charge < -0.3 is 14.9 Å². The zero-order valence-electron chi connectivity index (χ0n) is 8.98. The van der Waals surface area contributed by atoms with Crippen molar-refractivity contribution in [2.24, 2.45) is 5.73 Å². The van der Waals surface area contributed by atoms with E-state index in [1.165, 1.54) is 0 Å². The molecule has 1 fully saturated rings. The number of hydrogen-bond donors (Lipinski definition) is 1. The van der Waals surface area contributed by atoms with Gasteiger partial charge in [-0.2, -0.15) is 0 Å². The highest BCUT2D eigenvalue weighted by Crippen LogP contribution is 2.20. The van der Waals surface area contributed by atoms with E-state index in [4.69, 9.17) is 14.9 Å². The number of aryl methyl sites for hydroxylation is 1. The Kier molecular flexibility index (Phi) is 3.33. The van der Waals surface area contributed by atoms with Gasteiger partial charge in [-0.3, -0.25) is 0 Å². The molecule has 0 aliphatic heterocycles. The Morgan fingerprint density at radius 2 is 2.07 bits per heavy atom. The van der Waals surface area contributed by atoms with Gasteiger partial charge in [-0.1, -0.05) is 0 Å². The Labute approximate surface area is 89.0 Å². The van der Waals surface area contributed by atoms with E-state index in [0.717, 1.165) is 25.7 Å². The molecule has 0 atom stereocenters. The zero-order valence-corrected chi connectivity index (χ0v) is 8.98. The van der Waals surface area contributed by atoms with E-state index in [0.29, 0.717) is 30.5 Å². The van der Waals surface area contributed by atoms with Crippen LogP contribution in [0.4, 0.5) is 0 Å². The Bertz CT molecular complexity index is 305. The van der Waals surface area contributed by atoms with Crippen LogP contribution in [0.5, 0.6) is 0 Å². The second kappa shape index (κ2) is 4.72. The highest BCUT2D eigenvalue weighted by molar-refractivity contribution is 4.78. The van der Waals surface area contributed by atoms with Crippen LogP contribution < -0.4 is 5.73 Å². The summed E-state index contributed by atoms with van der Waals surface area (Å²) in [5, 5.41) is 7.62. The van der Waals surface area contributed by atoms with Gasteiger partial charge in [0.2, 0.25) is 11.8 Å². The number of rotatable bonds is 3. The van der Waals surface area contributed by atoms with E-state index in [-0.39, 0.29) is 0 Å². The first-order chi connectivity index (χ1) is 7.24. The quantitative estimate of drug-likeness (QED) is 0.812. The largest absolute Gasteiger partial charge is 0.423 e. The lowest BCUT2D eigenvalue weighted by molar-refractivity contribution is 0.00360. The molecule has 84 valence electrons. The van der Waals surface area contributed by atoms with Crippen LogP contribution in [0.15, 0.2) is 4.42 Å². The number of aromatic nitrogens is 2. The highest BCUT2D eigenvalue weighted by atomic mass is 16.5. The van der Waals surface area contributed by atoms with Gasteiger partial charge in [-0.05, 0) is 25.7 Å². The lowest BCUT2D eigenvalue weighted by Gasteiger charge is -2.25. The summed E-state index contributed by atoms with van der Waals surface area (Å²) in [5.41, 5.74) is 5.81. The van der Waals surface area contributed by atoms with Gasteiger partial charge in [0.1, 0.15) is 6.61 Å². The van der Waals surface area contributed by atoms with Gasteiger partial charge in [0.15, 0.2) is 0 Å². The van der Waals surface area contributed by atoms with Crippen molar-refractivity contribution >= 4 is 0 Å². The van der Waals surface area contributed by atoms with E-state index in [1.54, 1.807) is 6.92 Å². The second-order valence-electron chi connectivity index (χ2n) is 4.06. The monoisotopic (exact) mass is 211 g/mol. The lowest BCUT2D eigenvalue weighted by Crippen LogP contribution is -2.30. The van der Waals surface area contributed by atoms with Gasteiger partial charge in [-0.25, -0.2) is 0 Å². The fourth-order valence-corrected chi connectivity index (χ4v) is 1.84. The molecule has 0 amide bonds. The van der Waals surface area contributed by atoms with E-state index < -0.39 is 0 Å². The van der Waals surface area contributed by atoms with Gasteiger partial charge in [0.05, 0.1) is 6.10 Å². The number of nitrogens with zero attached hydrogens (tertiary/aromatic N) is 2. The molecule has 0 radical (unpaired) electrons. The molecule has 15 heavy (non-hydrogen) atoms. The molecule has 1 aromatic heterocycles. The van der Waals surface area contributed by atoms with Crippen LogP contribution in [-0.4, -0.2) is 22.3 Å². The van der Waals surface area contributed by atoms with Crippen molar-refractivity contribution in [2.75, 3.05) is 0 Å². The average Bonchev–Trinajstić information content (AvgIpc) is 2.64. The SMILES string of the molecule is Cc1nnc(COC2CCC(N)CC2)o1. The molecule has 0 aromatic carbocycles. The zero-order chi connectivity index (χ0) is 10.7. The number of hydrogen-bond acceptors (Lipinski definition) is 5. The van der Waals surface area contributed by atoms with Crippen molar-refractivity contribution < 1.29 is 9.15 Å². The predicted molar refractivity (Wildman–Crippen MR) is 54.1 cm³/mol. The minimum absolute atomic E-state index is 0.303. The fourth-order valence-electron chi connectivity index (χ4n) is 1.84. The third-order valence-electron chi connectivity index (χ3n) is 2.73. The van der Waals surface area contributed by atoms with Gasteiger partial charge in [0.25, 0.3) is 0 Å². The average molecular weight is 211 g/mol. The van der Waals surface area contributed by atoms with Crippen molar-refractivity contribution in [2.45, 2.75) is 51.4 Å². The molecule has 1 heterocycles. The van der Waals surface area contributed by atoms with Crippen molar-refractivity contribution in [1.82, 2.24) is 10.2 Å². The summed E-state index contributed by atoms with van der Waals surface area (Å²) in [6.45, 7) is 2.19. The summed E-state index contributed by atoms with van der Waals surface area (Å²) in [7, 11) is 0. The minimum Gasteiger partial charge on any atom is -0.423 e. The van der Waals surface area contributed by atoms with Crippen LogP contribution in [0.3, 0.4) is 0 Å². The second-order valence-corrected chi connectivity index (χ2v) is 4.06. The normalized spacial score (nSPS) is 26.8. The van der Waals surface area contributed by atoms with Crippen molar-refractivity contribution in [3.8, 4) is 0 Å². The molecule has 1 aromatic rings. The minimum atomic E-state index is 0.303. The van der Waals surface area contributed by atoms with E-state index in [2.05, 4.69) is 10.2 Å². The van der Waals surface area contributed by atoms with Crippen LogP contribution >= 0.6 is 0 Å². The Balaban J connectivity index is 1.74. The van der Waals surface area contributed by atoms with Crippen molar-refractivity contribution in [3.63, 3.8) is 0 Å². The van der Waals surface area contributed by atoms with Crippen LogP contribution in [0.2, 0.25) is 0 Å². The summed E-state index contributed by atoms with van der Waals surface area (Å²) >= 11 is 0. The maximum absolute atomic E-state index is 5.81. The molecule has 5 heteroatoms. The predicted octanol–water partition coefficient (Wildman–Crippen LogP) is 1.16. The molecule has 1 saturated carbocycles.